The van der Waals surface area contributed by atoms with Crippen LogP contribution in [0, 0.1) is 0 Å². The molecule has 0 spiro atoms. The number of nitrogens with one attached hydrogen (secondary N) is 1. The van der Waals surface area contributed by atoms with E-state index in [1.165, 1.54) is 4.90 Å². The standard InChI is InChI=1S/C19H23N3O3/c1-22(19(20)25)17-9-7-16(8-10-17)21-18(24)11-6-14-2-4-15(5-3-14)12-13-23/h2-5,7-10,23H,6,11-13H2,1H3,(H2,20,25)(H,21,24). The molecule has 0 aliphatic rings. The maximum Gasteiger partial charge on any atom is 0.318 e. The van der Waals surface area contributed by atoms with E-state index in [1.807, 2.05) is 24.3 Å². The number of aryl methyl sites for hydroxylation is 1. The molecule has 0 bridgehead atoms. The first-order valence-electron chi connectivity index (χ1n) is 8.11. The third-order valence-electron chi connectivity index (χ3n) is 3.93. The first kappa shape index (κ1) is 18.5. The lowest BCUT2D eigenvalue weighted by Crippen LogP contribution is -2.31. The van der Waals surface area contributed by atoms with Crippen LogP contribution in [0.5, 0.6) is 0 Å². The minimum absolute atomic E-state index is 0.0737. The summed E-state index contributed by atoms with van der Waals surface area (Å²) in [6.45, 7) is 0.135. The fourth-order valence-corrected chi connectivity index (χ4v) is 2.38. The van der Waals surface area contributed by atoms with Crippen LogP contribution in [0.15, 0.2) is 48.5 Å². The molecule has 2 aromatic carbocycles. The smallest absolute Gasteiger partial charge is 0.318 e. The van der Waals surface area contributed by atoms with E-state index in [-0.39, 0.29) is 12.5 Å². The zero-order valence-corrected chi connectivity index (χ0v) is 14.2. The second-order valence-corrected chi connectivity index (χ2v) is 5.78. The Labute approximate surface area is 147 Å². The maximum atomic E-state index is 12.1. The first-order chi connectivity index (χ1) is 12.0. The van der Waals surface area contributed by atoms with Gasteiger partial charge in [0.05, 0.1) is 0 Å². The second-order valence-electron chi connectivity index (χ2n) is 5.78. The van der Waals surface area contributed by atoms with Crippen molar-refractivity contribution in [1.29, 1.82) is 0 Å². The van der Waals surface area contributed by atoms with Gasteiger partial charge in [-0.15, -0.1) is 0 Å². The van der Waals surface area contributed by atoms with E-state index in [2.05, 4.69) is 5.32 Å². The molecular weight excluding hydrogens is 318 g/mol. The number of anilines is 2. The van der Waals surface area contributed by atoms with E-state index in [9.17, 15) is 9.59 Å². The normalized spacial score (nSPS) is 10.3. The van der Waals surface area contributed by atoms with Gasteiger partial charge in [0.1, 0.15) is 0 Å². The van der Waals surface area contributed by atoms with Crippen LogP contribution < -0.4 is 16.0 Å². The van der Waals surface area contributed by atoms with Crippen LogP contribution >= 0.6 is 0 Å². The van der Waals surface area contributed by atoms with Gasteiger partial charge in [0, 0.05) is 31.5 Å². The number of aliphatic hydroxyl groups is 1. The number of rotatable bonds is 7. The Balaban J connectivity index is 1.84. The number of urea groups is 1. The van der Waals surface area contributed by atoms with E-state index >= 15 is 0 Å². The van der Waals surface area contributed by atoms with Gasteiger partial charge in [-0.1, -0.05) is 24.3 Å². The SMILES string of the molecule is CN(C(N)=O)c1ccc(NC(=O)CCc2ccc(CCO)cc2)cc1. The quantitative estimate of drug-likeness (QED) is 0.721. The molecule has 0 fully saturated rings. The Kier molecular flexibility index (Phi) is 6.54. The van der Waals surface area contributed by atoms with Gasteiger partial charge in [-0.2, -0.15) is 0 Å². The topological polar surface area (TPSA) is 95.7 Å². The summed E-state index contributed by atoms with van der Waals surface area (Å²) in [6, 6.07) is 14.3. The minimum Gasteiger partial charge on any atom is -0.396 e. The highest BCUT2D eigenvalue weighted by Gasteiger charge is 2.07. The third kappa shape index (κ3) is 5.61. The highest BCUT2D eigenvalue weighted by molar-refractivity contribution is 5.92. The number of carbonyl (C=O) groups excluding carboxylic acids is 2. The molecule has 0 saturated carbocycles. The summed E-state index contributed by atoms with van der Waals surface area (Å²) in [5.41, 5.74) is 8.70. The summed E-state index contributed by atoms with van der Waals surface area (Å²) in [6.07, 6.45) is 1.66. The van der Waals surface area contributed by atoms with Gasteiger partial charge in [0.25, 0.3) is 0 Å². The number of aliphatic hydroxyl groups excluding tert-OH is 1. The van der Waals surface area contributed by atoms with Gasteiger partial charge in [0.2, 0.25) is 5.91 Å². The summed E-state index contributed by atoms with van der Waals surface area (Å²) < 4.78 is 0. The van der Waals surface area contributed by atoms with Gasteiger partial charge in [-0.05, 0) is 48.2 Å². The van der Waals surface area contributed by atoms with Crippen LogP contribution in [-0.2, 0) is 17.6 Å². The van der Waals surface area contributed by atoms with Crippen LogP contribution in [0.25, 0.3) is 0 Å². The lowest BCUT2D eigenvalue weighted by Gasteiger charge is -2.14. The molecule has 0 saturated heterocycles. The van der Waals surface area contributed by atoms with Gasteiger partial charge in [-0.25, -0.2) is 4.79 Å². The molecule has 0 atom stereocenters. The van der Waals surface area contributed by atoms with E-state index in [4.69, 9.17) is 10.8 Å². The molecule has 132 valence electrons. The fourth-order valence-electron chi connectivity index (χ4n) is 2.38. The predicted molar refractivity (Wildman–Crippen MR) is 98.6 cm³/mol. The van der Waals surface area contributed by atoms with Gasteiger partial charge >= 0.3 is 6.03 Å². The van der Waals surface area contributed by atoms with Crippen LogP contribution in [0.3, 0.4) is 0 Å². The van der Waals surface area contributed by atoms with Crippen molar-refractivity contribution in [2.45, 2.75) is 19.3 Å². The number of nitrogens with two attached hydrogens (primary N) is 1. The van der Waals surface area contributed by atoms with E-state index < -0.39 is 6.03 Å². The predicted octanol–water partition coefficient (Wildman–Crippen LogP) is 2.31. The number of benzene rings is 2. The van der Waals surface area contributed by atoms with Crippen molar-refractivity contribution in [1.82, 2.24) is 0 Å². The molecule has 0 aliphatic carbocycles. The number of hydrogen-bond acceptors (Lipinski definition) is 3. The Morgan fingerprint density at radius 1 is 1.00 bits per heavy atom. The summed E-state index contributed by atoms with van der Waals surface area (Å²) in [5, 5.41) is 11.7. The molecule has 0 aliphatic heterocycles. The van der Waals surface area contributed by atoms with Gasteiger partial charge < -0.3 is 16.2 Å². The monoisotopic (exact) mass is 341 g/mol. The fraction of sp³-hybridized carbons (Fsp3) is 0.263. The average Bonchev–Trinajstić information content (AvgIpc) is 2.61. The van der Waals surface area contributed by atoms with Gasteiger partial charge in [0.15, 0.2) is 0 Å². The molecule has 2 aromatic rings. The molecule has 0 heterocycles. The van der Waals surface area contributed by atoms with E-state index in [1.54, 1.807) is 31.3 Å². The minimum atomic E-state index is -0.540. The third-order valence-corrected chi connectivity index (χ3v) is 3.93. The molecule has 2 rings (SSSR count). The van der Waals surface area contributed by atoms with Crippen molar-refractivity contribution in [3.8, 4) is 0 Å². The van der Waals surface area contributed by atoms with Crippen molar-refractivity contribution in [2.75, 3.05) is 23.9 Å². The van der Waals surface area contributed by atoms with Crippen molar-refractivity contribution >= 4 is 23.3 Å². The molecule has 0 radical (unpaired) electrons. The molecule has 6 nitrogen and oxygen atoms in total. The number of amides is 3. The van der Waals surface area contributed by atoms with Crippen LogP contribution in [0.2, 0.25) is 0 Å². The molecule has 6 heteroatoms. The maximum absolute atomic E-state index is 12.1. The van der Waals surface area contributed by atoms with Crippen LogP contribution in [0.1, 0.15) is 17.5 Å². The van der Waals surface area contributed by atoms with Crippen LogP contribution in [-0.4, -0.2) is 30.7 Å². The Hall–Kier alpha value is -2.86. The Morgan fingerprint density at radius 3 is 2.08 bits per heavy atom. The lowest BCUT2D eigenvalue weighted by atomic mass is 10.1. The summed E-state index contributed by atoms with van der Waals surface area (Å²) >= 11 is 0. The number of nitrogens with zero attached hydrogens (tertiary/aromatic N) is 1. The largest absolute Gasteiger partial charge is 0.396 e. The lowest BCUT2D eigenvalue weighted by molar-refractivity contribution is -0.116. The average molecular weight is 341 g/mol. The van der Waals surface area contributed by atoms with Crippen molar-refractivity contribution in [2.24, 2.45) is 5.73 Å². The molecule has 25 heavy (non-hydrogen) atoms. The summed E-state index contributed by atoms with van der Waals surface area (Å²) in [5.74, 6) is -0.0737. The molecule has 4 N–H and O–H groups in total. The van der Waals surface area contributed by atoms with Crippen molar-refractivity contribution in [3.63, 3.8) is 0 Å². The Morgan fingerprint density at radius 2 is 1.56 bits per heavy atom. The first-order valence-corrected chi connectivity index (χ1v) is 8.11. The summed E-state index contributed by atoms with van der Waals surface area (Å²) in [4.78, 5) is 24.5. The summed E-state index contributed by atoms with van der Waals surface area (Å²) in [7, 11) is 1.59. The molecular formula is C19H23N3O3. The molecule has 0 aromatic heterocycles. The zero-order valence-electron chi connectivity index (χ0n) is 14.2. The zero-order chi connectivity index (χ0) is 18.2. The number of hydrogen-bond donors (Lipinski definition) is 3. The highest BCUT2D eigenvalue weighted by atomic mass is 16.3. The number of primary amides is 1. The second kappa shape index (κ2) is 8.84. The van der Waals surface area contributed by atoms with Crippen LogP contribution in [0.4, 0.5) is 16.2 Å². The highest BCUT2D eigenvalue weighted by Crippen LogP contribution is 2.17. The Bertz CT molecular complexity index is 712. The van der Waals surface area contributed by atoms with E-state index in [0.29, 0.717) is 30.6 Å². The molecule has 3 amide bonds. The molecule has 0 unspecified atom stereocenters. The van der Waals surface area contributed by atoms with E-state index in [0.717, 1.165) is 11.1 Å². The van der Waals surface area contributed by atoms with Crippen molar-refractivity contribution < 1.29 is 14.7 Å². The number of carbonyl (C=O) groups is 2. The van der Waals surface area contributed by atoms with Gasteiger partial charge in [-0.3, -0.25) is 9.69 Å². The van der Waals surface area contributed by atoms with Crippen molar-refractivity contribution in [3.05, 3.63) is 59.7 Å².